The lowest BCUT2D eigenvalue weighted by molar-refractivity contribution is -0.141. The number of nitrogens with two attached hydrogens (primary N) is 2. The van der Waals surface area contributed by atoms with Gasteiger partial charge in [-0.25, -0.2) is 9.78 Å². The van der Waals surface area contributed by atoms with Crippen LogP contribution in [0.1, 0.15) is 18.5 Å². The summed E-state index contributed by atoms with van der Waals surface area (Å²) in [5.74, 6) is -3.57. The molecule has 0 saturated carbocycles. The van der Waals surface area contributed by atoms with Gasteiger partial charge < -0.3 is 37.5 Å². The second-order valence-electron chi connectivity index (χ2n) is 6.58. The summed E-state index contributed by atoms with van der Waals surface area (Å²) in [6, 6.07) is -3.42. The van der Waals surface area contributed by atoms with E-state index in [1.165, 1.54) is 24.3 Å². The maximum atomic E-state index is 12.4. The van der Waals surface area contributed by atoms with Crippen molar-refractivity contribution in [3.05, 3.63) is 18.2 Å². The van der Waals surface area contributed by atoms with Crippen molar-refractivity contribution in [2.24, 2.45) is 11.5 Å². The second kappa shape index (κ2) is 13.2. The molecule has 172 valence electrons. The lowest BCUT2D eigenvalue weighted by Gasteiger charge is -2.20. The Morgan fingerprint density at radius 3 is 2.45 bits per heavy atom. The van der Waals surface area contributed by atoms with Gasteiger partial charge in [-0.3, -0.25) is 19.2 Å². The fourth-order valence-corrected chi connectivity index (χ4v) is 2.92. The number of aliphatic carboxylic acids is 1. The van der Waals surface area contributed by atoms with Gasteiger partial charge in [0, 0.05) is 18.3 Å². The predicted octanol–water partition coefficient (Wildman–Crippen LogP) is -2.92. The molecule has 1 rings (SSSR count). The summed E-state index contributed by atoms with van der Waals surface area (Å²) in [5.41, 5.74) is 11.1. The number of nitrogens with zero attached hydrogens (tertiary/aromatic N) is 1. The normalized spacial score (nSPS) is 13.5. The van der Waals surface area contributed by atoms with E-state index in [-0.39, 0.29) is 19.3 Å². The van der Waals surface area contributed by atoms with Gasteiger partial charge in [0.05, 0.1) is 25.3 Å². The number of hydrogen-bond acceptors (Lipinski definition) is 8. The standard InChI is InChI=1S/C17H27N7O6S/c1-31-3-2-11(24-15(27)10(18)5-13(19)25)16(28)21-7-14(26)23-12(17(29)30)4-9-6-20-8-22-9/h6,8,10-12H,2-5,7,18H2,1H3,(H2,19,25)(H,20,22)(H,21,28)(H,23,26)(H,24,27)(H,29,30). The average Bonchev–Trinajstić information content (AvgIpc) is 3.21. The summed E-state index contributed by atoms with van der Waals surface area (Å²) in [6.07, 6.45) is 4.49. The molecule has 0 radical (unpaired) electrons. The van der Waals surface area contributed by atoms with Gasteiger partial charge in [-0.05, 0) is 18.4 Å². The maximum Gasteiger partial charge on any atom is 0.326 e. The van der Waals surface area contributed by atoms with Crippen molar-refractivity contribution in [2.45, 2.75) is 37.4 Å². The average molecular weight is 458 g/mol. The zero-order valence-corrected chi connectivity index (χ0v) is 17.7. The van der Waals surface area contributed by atoms with E-state index in [2.05, 4.69) is 25.9 Å². The summed E-state index contributed by atoms with van der Waals surface area (Å²) in [4.78, 5) is 65.4. The third kappa shape index (κ3) is 9.95. The molecule has 31 heavy (non-hydrogen) atoms. The first-order chi connectivity index (χ1) is 14.6. The third-order valence-corrected chi connectivity index (χ3v) is 4.68. The van der Waals surface area contributed by atoms with Gasteiger partial charge in [-0.15, -0.1) is 0 Å². The smallest absolute Gasteiger partial charge is 0.326 e. The largest absolute Gasteiger partial charge is 0.480 e. The molecule has 0 saturated heterocycles. The van der Waals surface area contributed by atoms with Gasteiger partial charge in [-0.2, -0.15) is 11.8 Å². The van der Waals surface area contributed by atoms with Crippen molar-refractivity contribution in [3.8, 4) is 0 Å². The number of carbonyl (C=O) groups excluding carboxylic acids is 4. The van der Waals surface area contributed by atoms with E-state index >= 15 is 0 Å². The molecule has 14 heteroatoms. The number of carboxylic acids is 1. The van der Waals surface area contributed by atoms with Crippen molar-refractivity contribution in [2.75, 3.05) is 18.6 Å². The highest BCUT2D eigenvalue weighted by Gasteiger charge is 2.26. The quantitative estimate of drug-likeness (QED) is 0.152. The molecule has 0 aromatic carbocycles. The molecule has 1 aromatic rings. The molecule has 0 fully saturated rings. The van der Waals surface area contributed by atoms with Crippen LogP contribution in [0.15, 0.2) is 12.5 Å². The highest BCUT2D eigenvalue weighted by Crippen LogP contribution is 2.03. The third-order valence-electron chi connectivity index (χ3n) is 4.04. The Morgan fingerprint density at radius 2 is 1.90 bits per heavy atom. The summed E-state index contributed by atoms with van der Waals surface area (Å²) in [5, 5.41) is 16.4. The first-order valence-corrected chi connectivity index (χ1v) is 10.6. The van der Waals surface area contributed by atoms with Gasteiger partial charge in [0.15, 0.2) is 0 Å². The molecule has 0 bridgehead atoms. The molecule has 0 aliphatic carbocycles. The lowest BCUT2D eigenvalue weighted by Crippen LogP contribution is -2.54. The van der Waals surface area contributed by atoms with Crippen LogP contribution in [0.25, 0.3) is 0 Å². The summed E-state index contributed by atoms with van der Waals surface area (Å²) < 4.78 is 0. The molecule has 0 spiro atoms. The number of nitrogens with one attached hydrogen (secondary N) is 4. The highest BCUT2D eigenvalue weighted by molar-refractivity contribution is 7.98. The van der Waals surface area contributed by atoms with E-state index in [1.807, 2.05) is 6.26 Å². The Balaban J connectivity index is 2.62. The van der Waals surface area contributed by atoms with E-state index in [1.54, 1.807) is 0 Å². The van der Waals surface area contributed by atoms with Crippen LogP contribution in [0.2, 0.25) is 0 Å². The van der Waals surface area contributed by atoms with Crippen molar-refractivity contribution in [3.63, 3.8) is 0 Å². The minimum Gasteiger partial charge on any atom is -0.480 e. The molecule has 13 nitrogen and oxygen atoms in total. The van der Waals surface area contributed by atoms with Gasteiger partial charge in [0.1, 0.15) is 12.1 Å². The number of rotatable bonds is 14. The fourth-order valence-electron chi connectivity index (χ4n) is 2.44. The number of hydrogen-bond donors (Lipinski definition) is 7. The van der Waals surface area contributed by atoms with Crippen LogP contribution in [0.5, 0.6) is 0 Å². The monoisotopic (exact) mass is 457 g/mol. The minimum absolute atomic E-state index is 0.0147. The van der Waals surface area contributed by atoms with Crippen molar-refractivity contribution in [1.29, 1.82) is 0 Å². The Kier molecular flexibility index (Phi) is 11.1. The molecule has 1 aromatic heterocycles. The summed E-state index contributed by atoms with van der Waals surface area (Å²) in [7, 11) is 0. The van der Waals surface area contributed by atoms with Crippen LogP contribution in [-0.2, 0) is 30.4 Å². The van der Waals surface area contributed by atoms with Crippen molar-refractivity contribution < 1.29 is 29.1 Å². The first-order valence-electron chi connectivity index (χ1n) is 9.24. The van der Waals surface area contributed by atoms with E-state index < -0.39 is 54.3 Å². The van der Waals surface area contributed by atoms with Crippen LogP contribution in [0.4, 0.5) is 0 Å². The first kappa shape index (κ1) is 25.9. The number of aromatic amines is 1. The Morgan fingerprint density at radius 1 is 1.19 bits per heavy atom. The number of aromatic nitrogens is 2. The number of thioether (sulfide) groups is 1. The van der Waals surface area contributed by atoms with E-state index in [4.69, 9.17) is 11.5 Å². The van der Waals surface area contributed by atoms with E-state index in [9.17, 15) is 29.1 Å². The summed E-state index contributed by atoms with van der Waals surface area (Å²) in [6.45, 7) is -0.495. The van der Waals surface area contributed by atoms with Gasteiger partial charge in [0.25, 0.3) is 0 Å². The zero-order chi connectivity index (χ0) is 23.4. The number of H-pyrrole nitrogens is 1. The topological polar surface area (TPSA) is 222 Å². The Hall–Kier alpha value is -3.13. The van der Waals surface area contributed by atoms with Crippen LogP contribution >= 0.6 is 11.8 Å². The Labute approximate surface area is 182 Å². The minimum atomic E-state index is -1.25. The molecule has 9 N–H and O–H groups in total. The molecule has 0 aliphatic rings. The van der Waals surface area contributed by atoms with Gasteiger partial charge >= 0.3 is 5.97 Å². The van der Waals surface area contributed by atoms with Crippen LogP contribution in [0.3, 0.4) is 0 Å². The molecule has 3 unspecified atom stereocenters. The van der Waals surface area contributed by atoms with Gasteiger partial charge in [0.2, 0.25) is 23.6 Å². The second-order valence-corrected chi connectivity index (χ2v) is 7.56. The number of carbonyl (C=O) groups is 5. The molecule has 3 atom stereocenters. The fraction of sp³-hybridized carbons (Fsp3) is 0.529. The van der Waals surface area contributed by atoms with Gasteiger partial charge in [-0.1, -0.05) is 0 Å². The maximum absolute atomic E-state index is 12.4. The predicted molar refractivity (Wildman–Crippen MR) is 112 cm³/mol. The summed E-state index contributed by atoms with van der Waals surface area (Å²) >= 11 is 1.44. The van der Waals surface area contributed by atoms with E-state index in [0.29, 0.717) is 11.4 Å². The van der Waals surface area contributed by atoms with Crippen LogP contribution in [-0.4, -0.2) is 81.4 Å². The van der Waals surface area contributed by atoms with Crippen LogP contribution in [0, 0.1) is 0 Å². The van der Waals surface area contributed by atoms with Crippen LogP contribution < -0.4 is 27.4 Å². The van der Waals surface area contributed by atoms with E-state index in [0.717, 1.165) is 0 Å². The van der Waals surface area contributed by atoms with Crippen molar-refractivity contribution in [1.82, 2.24) is 25.9 Å². The Bertz CT molecular complexity index is 773. The molecule has 4 amide bonds. The number of imidazole rings is 1. The SMILES string of the molecule is CSCCC(NC(=O)C(N)CC(N)=O)C(=O)NCC(=O)NC(Cc1cnc[nH]1)C(=O)O. The lowest BCUT2D eigenvalue weighted by atomic mass is 10.1. The molecular formula is C17H27N7O6S. The number of primary amides is 1. The molecule has 1 heterocycles. The number of carboxylic acid groups (broad SMARTS) is 1. The zero-order valence-electron chi connectivity index (χ0n) is 16.9. The van der Waals surface area contributed by atoms with Crippen molar-refractivity contribution >= 4 is 41.4 Å². The molecular weight excluding hydrogens is 430 g/mol. The number of amides is 4. The highest BCUT2D eigenvalue weighted by atomic mass is 32.2. The molecule has 0 aliphatic heterocycles.